The van der Waals surface area contributed by atoms with Gasteiger partial charge in [-0.3, -0.25) is 4.79 Å². The summed E-state index contributed by atoms with van der Waals surface area (Å²) in [4.78, 5) is 10.6. The molecule has 0 heterocycles. The number of hydrogen-bond donors (Lipinski definition) is 2. The van der Waals surface area contributed by atoms with Crippen molar-refractivity contribution in [3.63, 3.8) is 0 Å². The molecule has 0 radical (unpaired) electrons. The van der Waals surface area contributed by atoms with E-state index in [1.54, 1.807) is 13.8 Å². The van der Waals surface area contributed by atoms with Crippen LogP contribution in [-0.2, 0) is 4.79 Å². The van der Waals surface area contributed by atoms with Crippen molar-refractivity contribution in [2.45, 2.75) is 32.1 Å². The van der Waals surface area contributed by atoms with Crippen LogP contribution in [0.1, 0.15) is 13.8 Å². The molecule has 0 aromatic carbocycles. The second-order valence-corrected chi connectivity index (χ2v) is 2.68. The van der Waals surface area contributed by atoms with Crippen molar-refractivity contribution in [3.05, 3.63) is 0 Å². The van der Waals surface area contributed by atoms with Gasteiger partial charge in [0.25, 0.3) is 0 Å². The van der Waals surface area contributed by atoms with Gasteiger partial charge in [0.15, 0.2) is 6.04 Å². The zero-order valence-electron chi connectivity index (χ0n) is 6.77. The maximum absolute atomic E-state index is 11.8. The van der Waals surface area contributed by atoms with Crippen LogP contribution in [0.2, 0.25) is 0 Å². The van der Waals surface area contributed by atoms with E-state index in [-0.39, 0.29) is 6.04 Å². The molecule has 0 saturated heterocycles. The Morgan fingerprint density at radius 2 is 1.83 bits per heavy atom. The lowest BCUT2D eigenvalue weighted by Gasteiger charge is -2.16. The van der Waals surface area contributed by atoms with Crippen LogP contribution in [0.5, 0.6) is 0 Å². The maximum atomic E-state index is 11.8. The summed E-state index contributed by atoms with van der Waals surface area (Å²) in [5, 5.41) is 2.07. The largest absolute Gasteiger partial charge is 0.412 e. The summed E-state index contributed by atoms with van der Waals surface area (Å²) in [6, 6.07) is -2.77. The van der Waals surface area contributed by atoms with Gasteiger partial charge >= 0.3 is 6.18 Å². The van der Waals surface area contributed by atoms with Gasteiger partial charge < -0.3 is 11.1 Å². The van der Waals surface area contributed by atoms with E-state index in [1.165, 1.54) is 0 Å². The van der Waals surface area contributed by atoms with Crippen molar-refractivity contribution in [1.29, 1.82) is 0 Å². The van der Waals surface area contributed by atoms with Crippen molar-refractivity contribution in [1.82, 2.24) is 5.32 Å². The molecule has 0 spiro atoms. The number of amides is 1. The summed E-state index contributed by atoms with van der Waals surface area (Å²) in [5.74, 6) is -1.20. The van der Waals surface area contributed by atoms with E-state index in [4.69, 9.17) is 0 Å². The SMILES string of the molecule is CC(C)NC(=O)[C@H](N)C(F)(F)F. The quantitative estimate of drug-likeness (QED) is 0.652. The minimum absolute atomic E-state index is 0.342. The number of carbonyl (C=O) groups is 1. The fourth-order valence-corrected chi connectivity index (χ4v) is 0.523. The molecule has 0 aliphatic heterocycles. The molecule has 0 aromatic heterocycles. The van der Waals surface area contributed by atoms with Gasteiger partial charge in [0.05, 0.1) is 0 Å². The van der Waals surface area contributed by atoms with Gasteiger partial charge in [-0.2, -0.15) is 13.2 Å². The molecular weight excluding hydrogens is 173 g/mol. The predicted octanol–water partition coefficient (Wildman–Crippen LogP) is 0.401. The number of nitrogens with one attached hydrogen (secondary N) is 1. The molecule has 6 heteroatoms. The Balaban J connectivity index is 4.12. The van der Waals surface area contributed by atoms with Gasteiger partial charge in [-0.15, -0.1) is 0 Å². The van der Waals surface area contributed by atoms with E-state index >= 15 is 0 Å². The van der Waals surface area contributed by atoms with Crippen LogP contribution < -0.4 is 11.1 Å². The molecule has 0 rings (SSSR count). The van der Waals surface area contributed by atoms with Crippen LogP contribution in [0.25, 0.3) is 0 Å². The normalized spacial score (nSPS) is 14.6. The second-order valence-electron chi connectivity index (χ2n) is 2.68. The highest BCUT2D eigenvalue weighted by Crippen LogP contribution is 2.18. The lowest BCUT2D eigenvalue weighted by Crippen LogP contribution is -2.51. The van der Waals surface area contributed by atoms with E-state index in [0.717, 1.165) is 0 Å². The second kappa shape index (κ2) is 3.75. The molecule has 0 fully saturated rings. The van der Waals surface area contributed by atoms with Gasteiger partial charge in [-0.1, -0.05) is 0 Å². The van der Waals surface area contributed by atoms with E-state index in [1.807, 2.05) is 0 Å². The highest BCUT2D eigenvalue weighted by molar-refractivity contribution is 5.82. The first-order valence-electron chi connectivity index (χ1n) is 3.38. The van der Waals surface area contributed by atoms with Crippen molar-refractivity contribution in [2.24, 2.45) is 5.73 Å². The number of nitrogens with two attached hydrogens (primary N) is 1. The van der Waals surface area contributed by atoms with Crippen LogP contribution in [0.4, 0.5) is 13.2 Å². The average molecular weight is 184 g/mol. The minimum atomic E-state index is -4.67. The van der Waals surface area contributed by atoms with E-state index in [2.05, 4.69) is 11.1 Å². The van der Waals surface area contributed by atoms with Crippen LogP contribution in [0, 0.1) is 0 Å². The molecule has 0 aromatic rings. The summed E-state index contributed by atoms with van der Waals surface area (Å²) in [6.07, 6.45) is -4.67. The maximum Gasteiger partial charge on any atom is 0.412 e. The molecule has 3 nitrogen and oxygen atoms in total. The standard InChI is InChI=1S/C6H11F3N2O/c1-3(2)11-5(12)4(10)6(7,8)9/h3-4H,10H2,1-2H3,(H,11,12)/t4-/m0/s1. The highest BCUT2D eigenvalue weighted by atomic mass is 19.4. The third-order valence-corrected chi connectivity index (χ3v) is 1.07. The number of halogens is 3. The third kappa shape index (κ3) is 3.56. The predicted molar refractivity (Wildman–Crippen MR) is 37.3 cm³/mol. The Hall–Kier alpha value is -0.780. The lowest BCUT2D eigenvalue weighted by atomic mass is 10.2. The van der Waals surface area contributed by atoms with Crippen LogP contribution >= 0.6 is 0 Å². The van der Waals surface area contributed by atoms with Gasteiger partial charge in [-0.25, -0.2) is 0 Å². The minimum Gasteiger partial charge on any atom is -0.352 e. The van der Waals surface area contributed by atoms with Crippen LogP contribution in [-0.4, -0.2) is 24.2 Å². The number of rotatable bonds is 2. The van der Waals surface area contributed by atoms with Gasteiger partial charge in [0, 0.05) is 6.04 Å². The summed E-state index contributed by atoms with van der Waals surface area (Å²) in [7, 11) is 0. The first-order valence-corrected chi connectivity index (χ1v) is 3.38. The molecule has 0 unspecified atom stereocenters. The monoisotopic (exact) mass is 184 g/mol. The topological polar surface area (TPSA) is 55.1 Å². The molecule has 0 bridgehead atoms. The average Bonchev–Trinajstić information content (AvgIpc) is 1.82. The molecular formula is C6H11F3N2O. The van der Waals surface area contributed by atoms with Crippen molar-refractivity contribution >= 4 is 5.91 Å². The molecule has 0 aliphatic rings. The number of alkyl halides is 3. The van der Waals surface area contributed by atoms with E-state index < -0.39 is 18.1 Å². The van der Waals surface area contributed by atoms with E-state index in [9.17, 15) is 18.0 Å². The molecule has 0 aliphatic carbocycles. The molecule has 1 atom stereocenters. The van der Waals surface area contributed by atoms with Gasteiger partial charge in [0.1, 0.15) is 0 Å². The molecule has 0 saturated carbocycles. The summed E-state index contributed by atoms with van der Waals surface area (Å²) in [6.45, 7) is 3.11. The first-order chi connectivity index (χ1) is 5.25. The Kier molecular flexibility index (Phi) is 3.51. The van der Waals surface area contributed by atoms with Gasteiger partial charge in [0.2, 0.25) is 5.91 Å². The molecule has 3 N–H and O–H groups in total. The summed E-state index contributed by atoms with van der Waals surface area (Å²) >= 11 is 0. The third-order valence-electron chi connectivity index (χ3n) is 1.07. The lowest BCUT2D eigenvalue weighted by molar-refractivity contribution is -0.163. The molecule has 72 valence electrons. The fourth-order valence-electron chi connectivity index (χ4n) is 0.523. The summed E-state index contributed by atoms with van der Waals surface area (Å²) < 4.78 is 35.3. The smallest absolute Gasteiger partial charge is 0.352 e. The van der Waals surface area contributed by atoms with Crippen molar-refractivity contribution in [3.8, 4) is 0 Å². The van der Waals surface area contributed by atoms with Crippen molar-refractivity contribution in [2.75, 3.05) is 0 Å². The van der Waals surface area contributed by atoms with Crippen LogP contribution in [0.15, 0.2) is 0 Å². The fraction of sp³-hybridized carbons (Fsp3) is 0.833. The Morgan fingerprint density at radius 3 is 2.08 bits per heavy atom. The van der Waals surface area contributed by atoms with Gasteiger partial charge in [-0.05, 0) is 13.8 Å². The summed E-state index contributed by atoms with van der Waals surface area (Å²) in [5.41, 5.74) is 4.61. The number of carbonyl (C=O) groups excluding carboxylic acids is 1. The Labute approximate surface area is 68.1 Å². The Morgan fingerprint density at radius 1 is 1.42 bits per heavy atom. The van der Waals surface area contributed by atoms with Crippen molar-refractivity contribution < 1.29 is 18.0 Å². The molecule has 1 amide bonds. The van der Waals surface area contributed by atoms with Crippen LogP contribution in [0.3, 0.4) is 0 Å². The molecule has 12 heavy (non-hydrogen) atoms. The highest BCUT2D eigenvalue weighted by Gasteiger charge is 2.41. The first kappa shape index (κ1) is 11.2. The number of hydrogen-bond acceptors (Lipinski definition) is 2. The zero-order valence-corrected chi connectivity index (χ0v) is 6.77. The van der Waals surface area contributed by atoms with E-state index in [0.29, 0.717) is 0 Å². The Bertz CT molecular complexity index is 167. The zero-order chi connectivity index (χ0) is 9.94.